The average Bonchev–Trinajstić information content (AvgIpc) is 3.25. The van der Waals surface area contributed by atoms with Gasteiger partial charge in [-0.3, -0.25) is 4.79 Å². The van der Waals surface area contributed by atoms with Gasteiger partial charge in [-0.05, 0) is 43.5 Å². The van der Waals surface area contributed by atoms with E-state index in [1.807, 2.05) is 13.0 Å². The van der Waals surface area contributed by atoms with Crippen LogP contribution < -0.4 is 16.4 Å². The van der Waals surface area contributed by atoms with Gasteiger partial charge >= 0.3 is 0 Å². The van der Waals surface area contributed by atoms with Crippen molar-refractivity contribution in [2.24, 2.45) is 10.7 Å². The van der Waals surface area contributed by atoms with E-state index in [2.05, 4.69) is 49.8 Å². The topological polar surface area (TPSA) is 92.6 Å². The van der Waals surface area contributed by atoms with Crippen LogP contribution in [-0.2, 0) is 12.0 Å². The molecule has 1 amide bonds. The van der Waals surface area contributed by atoms with Gasteiger partial charge in [-0.25, -0.2) is 4.99 Å². The number of carbonyl (C=O) groups is 1. The van der Waals surface area contributed by atoms with Crippen molar-refractivity contribution in [2.45, 2.75) is 31.7 Å². The molecule has 0 aliphatic heterocycles. The van der Waals surface area contributed by atoms with Crippen molar-refractivity contribution in [3.05, 3.63) is 58.0 Å². The Bertz CT molecular complexity index is 818. The largest absolute Gasteiger partial charge is 0.454 e. The predicted molar refractivity (Wildman–Crippen MR) is 121 cm³/mol. The fraction of sp³-hybridized carbons (Fsp3) is 0.368. The Hall–Kier alpha value is -1.55. The minimum Gasteiger partial charge on any atom is -0.454 e. The Labute approximate surface area is 184 Å². The molecule has 8 heteroatoms. The van der Waals surface area contributed by atoms with Gasteiger partial charge in [0.15, 0.2) is 11.7 Å². The molecule has 4 N–H and O–H groups in total. The number of primary amides is 1. The molecular formula is C19H24BrIN4O2. The summed E-state index contributed by atoms with van der Waals surface area (Å²) >= 11 is 3.66. The van der Waals surface area contributed by atoms with Gasteiger partial charge < -0.3 is 20.8 Å². The molecule has 1 fully saturated rings. The van der Waals surface area contributed by atoms with Crippen molar-refractivity contribution in [1.82, 2.24) is 10.6 Å². The third kappa shape index (κ3) is 5.47. The number of carbonyl (C=O) groups excluding carboxylic acids is 1. The minimum atomic E-state index is -0.575. The molecule has 0 unspecified atom stereocenters. The Balaban J connectivity index is 0.00000261. The molecule has 0 spiro atoms. The molecule has 2 aromatic rings. The molecule has 0 atom stereocenters. The van der Waals surface area contributed by atoms with Crippen LogP contribution in [-0.4, -0.2) is 25.0 Å². The molecule has 1 aliphatic carbocycles. The molecule has 1 aromatic heterocycles. The number of nitrogens with two attached hydrogens (primary N) is 1. The molecule has 146 valence electrons. The summed E-state index contributed by atoms with van der Waals surface area (Å²) in [7, 11) is 0. The minimum absolute atomic E-state index is 0. The highest BCUT2D eigenvalue weighted by atomic mass is 127. The zero-order chi connectivity index (χ0) is 18.6. The Morgan fingerprint density at radius 1 is 1.26 bits per heavy atom. The number of rotatable bonds is 7. The van der Waals surface area contributed by atoms with Crippen LogP contribution in [0.3, 0.4) is 0 Å². The maximum absolute atomic E-state index is 11.1. The van der Waals surface area contributed by atoms with Crippen molar-refractivity contribution in [2.75, 3.05) is 13.1 Å². The SMILES string of the molecule is CCNC(=NCc1ccc(C(N)=O)o1)NCC1(c2ccccc2Br)CC1.I. The van der Waals surface area contributed by atoms with Gasteiger partial charge in [-0.2, -0.15) is 0 Å². The fourth-order valence-corrected chi connectivity index (χ4v) is 3.64. The summed E-state index contributed by atoms with van der Waals surface area (Å²) in [6.07, 6.45) is 2.31. The number of aliphatic imine (C=N–C) groups is 1. The number of furan rings is 1. The Morgan fingerprint density at radius 3 is 2.59 bits per heavy atom. The van der Waals surface area contributed by atoms with Crippen molar-refractivity contribution >= 4 is 51.8 Å². The molecule has 1 heterocycles. The Morgan fingerprint density at radius 2 is 2.00 bits per heavy atom. The van der Waals surface area contributed by atoms with Gasteiger partial charge in [0.2, 0.25) is 0 Å². The van der Waals surface area contributed by atoms with E-state index in [4.69, 9.17) is 10.2 Å². The molecule has 1 saturated carbocycles. The number of guanidine groups is 1. The maximum atomic E-state index is 11.1. The van der Waals surface area contributed by atoms with Crippen molar-refractivity contribution in [3.63, 3.8) is 0 Å². The monoisotopic (exact) mass is 546 g/mol. The lowest BCUT2D eigenvalue weighted by Gasteiger charge is -2.20. The second-order valence-electron chi connectivity index (χ2n) is 6.44. The molecule has 1 aromatic carbocycles. The van der Waals surface area contributed by atoms with Crippen LogP contribution >= 0.6 is 39.9 Å². The highest BCUT2D eigenvalue weighted by Gasteiger charge is 2.45. The summed E-state index contributed by atoms with van der Waals surface area (Å²) < 4.78 is 6.52. The third-order valence-electron chi connectivity index (χ3n) is 4.53. The van der Waals surface area contributed by atoms with E-state index >= 15 is 0 Å². The van der Waals surface area contributed by atoms with E-state index in [-0.39, 0.29) is 35.2 Å². The van der Waals surface area contributed by atoms with E-state index in [0.717, 1.165) is 36.4 Å². The third-order valence-corrected chi connectivity index (χ3v) is 5.23. The van der Waals surface area contributed by atoms with Crippen LogP contribution in [0.2, 0.25) is 0 Å². The first-order valence-corrected chi connectivity index (χ1v) is 9.49. The summed E-state index contributed by atoms with van der Waals surface area (Å²) in [6.45, 7) is 3.94. The van der Waals surface area contributed by atoms with Crippen LogP contribution in [0.4, 0.5) is 0 Å². The zero-order valence-electron chi connectivity index (χ0n) is 15.1. The Kier molecular flexibility index (Phi) is 7.72. The zero-order valence-corrected chi connectivity index (χ0v) is 19.0. The lowest BCUT2D eigenvalue weighted by atomic mass is 9.96. The van der Waals surface area contributed by atoms with Gasteiger partial charge in [0.1, 0.15) is 12.3 Å². The quantitative estimate of drug-likeness (QED) is 0.281. The van der Waals surface area contributed by atoms with Crippen molar-refractivity contribution in [3.8, 4) is 0 Å². The first kappa shape index (κ1) is 21.7. The van der Waals surface area contributed by atoms with Crippen molar-refractivity contribution in [1.29, 1.82) is 0 Å². The highest BCUT2D eigenvalue weighted by Crippen LogP contribution is 2.49. The number of nitrogens with one attached hydrogen (secondary N) is 2. The van der Waals surface area contributed by atoms with Crippen LogP contribution in [0.15, 0.2) is 50.3 Å². The number of hydrogen-bond acceptors (Lipinski definition) is 3. The molecule has 0 bridgehead atoms. The molecule has 0 saturated heterocycles. The second kappa shape index (κ2) is 9.59. The molecule has 27 heavy (non-hydrogen) atoms. The van der Waals surface area contributed by atoms with Gasteiger partial charge in [0, 0.05) is 23.0 Å². The highest BCUT2D eigenvalue weighted by molar-refractivity contribution is 14.0. The van der Waals surface area contributed by atoms with Crippen LogP contribution in [0.5, 0.6) is 0 Å². The summed E-state index contributed by atoms with van der Waals surface area (Å²) in [5.41, 5.74) is 6.69. The van der Waals surface area contributed by atoms with Gasteiger partial charge in [-0.15, -0.1) is 24.0 Å². The molecule has 6 nitrogen and oxygen atoms in total. The summed E-state index contributed by atoms with van der Waals surface area (Å²) in [6, 6.07) is 11.7. The van der Waals surface area contributed by atoms with E-state index in [1.165, 1.54) is 5.56 Å². The van der Waals surface area contributed by atoms with E-state index in [9.17, 15) is 4.79 Å². The molecule has 0 radical (unpaired) electrons. The lowest BCUT2D eigenvalue weighted by Crippen LogP contribution is -2.41. The smallest absolute Gasteiger partial charge is 0.284 e. The van der Waals surface area contributed by atoms with E-state index in [1.54, 1.807) is 12.1 Å². The van der Waals surface area contributed by atoms with Gasteiger partial charge in [0.05, 0.1) is 0 Å². The maximum Gasteiger partial charge on any atom is 0.284 e. The van der Waals surface area contributed by atoms with Crippen LogP contribution in [0, 0.1) is 0 Å². The van der Waals surface area contributed by atoms with Crippen molar-refractivity contribution < 1.29 is 9.21 Å². The van der Waals surface area contributed by atoms with E-state index < -0.39 is 5.91 Å². The number of benzene rings is 1. The van der Waals surface area contributed by atoms with Crippen LogP contribution in [0.1, 0.15) is 41.6 Å². The average molecular weight is 547 g/mol. The standard InChI is InChI=1S/C19H23BrN4O2.HI/c1-2-22-18(23-11-13-7-8-16(26-13)17(21)25)24-12-19(9-10-19)14-5-3-4-6-15(14)20;/h3-8H,2,9-12H2,1H3,(H2,21,25)(H2,22,23,24);1H. The fourth-order valence-electron chi connectivity index (χ4n) is 2.93. The predicted octanol–water partition coefficient (Wildman–Crippen LogP) is 3.55. The summed E-state index contributed by atoms with van der Waals surface area (Å²) in [5, 5.41) is 6.68. The second-order valence-corrected chi connectivity index (χ2v) is 7.29. The summed E-state index contributed by atoms with van der Waals surface area (Å²) in [5.74, 6) is 0.902. The molecule has 1 aliphatic rings. The van der Waals surface area contributed by atoms with Gasteiger partial charge in [0.25, 0.3) is 5.91 Å². The number of amides is 1. The normalized spacial score (nSPS) is 15.0. The lowest BCUT2D eigenvalue weighted by molar-refractivity contribution is 0.0972. The van der Waals surface area contributed by atoms with E-state index in [0.29, 0.717) is 12.3 Å². The molecular weight excluding hydrogens is 523 g/mol. The molecule has 3 rings (SSSR count). The number of nitrogens with zero attached hydrogens (tertiary/aromatic N) is 1. The number of halogens is 2. The first-order valence-electron chi connectivity index (χ1n) is 8.70. The number of hydrogen-bond donors (Lipinski definition) is 3. The summed E-state index contributed by atoms with van der Waals surface area (Å²) in [4.78, 5) is 15.6. The van der Waals surface area contributed by atoms with Crippen LogP contribution in [0.25, 0.3) is 0 Å². The van der Waals surface area contributed by atoms with Gasteiger partial charge in [-0.1, -0.05) is 34.1 Å². The first-order chi connectivity index (χ1) is 12.5.